The molecule has 0 aliphatic heterocycles. The third-order valence-electron chi connectivity index (χ3n) is 2.83. The maximum atomic E-state index is 5.62. The van der Waals surface area contributed by atoms with Crippen LogP contribution >= 0.6 is 11.3 Å². The van der Waals surface area contributed by atoms with E-state index in [2.05, 4.69) is 11.9 Å². The molecule has 1 aliphatic rings. The molecule has 1 aromatic rings. The first-order valence-electron chi connectivity index (χ1n) is 4.96. The second kappa shape index (κ2) is 3.66. The second-order valence-electron chi connectivity index (χ2n) is 4.08. The van der Waals surface area contributed by atoms with Crippen LogP contribution in [0, 0.1) is 5.92 Å². The van der Waals surface area contributed by atoms with Gasteiger partial charge in [0.1, 0.15) is 5.82 Å². The van der Waals surface area contributed by atoms with Crippen LogP contribution in [0.15, 0.2) is 5.38 Å². The number of hydrogen-bond acceptors (Lipinski definition) is 3. The maximum Gasteiger partial charge on any atom is 0.134 e. The van der Waals surface area contributed by atoms with E-state index >= 15 is 0 Å². The summed E-state index contributed by atoms with van der Waals surface area (Å²) >= 11 is 1.72. The third-order valence-corrected chi connectivity index (χ3v) is 3.85. The molecule has 0 aromatic carbocycles. The summed E-state index contributed by atoms with van der Waals surface area (Å²) in [4.78, 5) is 4.37. The van der Waals surface area contributed by atoms with Gasteiger partial charge in [0.15, 0.2) is 0 Å². The van der Waals surface area contributed by atoms with Gasteiger partial charge >= 0.3 is 0 Å². The predicted octanol–water partition coefficient (Wildman–Crippen LogP) is 3.02. The zero-order valence-corrected chi connectivity index (χ0v) is 8.81. The van der Waals surface area contributed by atoms with Gasteiger partial charge < -0.3 is 5.73 Å². The summed E-state index contributed by atoms with van der Waals surface area (Å²) in [5.74, 6) is 2.24. The normalized spacial score (nSPS) is 29.0. The number of rotatable bonds is 1. The molecule has 2 rings (SSSR count). The molecule has 1 fully saturated rings. The zero-order chi connectivity index (χ0) is 9.26. The standard InChI is InChI=1S/C10H16N2S/c1-7-3-2-4-8(5-7)10-12-9(11)6-13-10/h6-8H,2-5,11H2,1H3. The summed E-state index contributed by atoms with van der Waals surface area (Å²) in [5.41, 5.74) is 5.62. The first-order chi connectivity index (χ1) is 6.25. The van der Waals surface area contributed by atoms with Crippen LogP contribution < -0.4 is 5.73 Å². The van der Waals surface area contributed by atoms with E-state index in [9.17, 15) is 0 Å². The Morgan fingerprint density at radius 2 is 2.38 bits per heavy atom. The molecule has 72 valence electrons. The number of thiazole rings is 1. The Hall–Kier alpha value is -0.570. The number of nitrogens with zero attached hydrogens (tertiary/aromatic N) is 1. The topological polar surface area (TPSA) is 38.9 Å². The van der Waals surface area contributed by atoms with E-state index in [1.807, 2.05) is 5.38 Å². The predicted molar refractivity (Wildman–Crippen MR) is 56.9 cm³/mol. The van der Waals surface area contributed by atoms with Crippen molar-refractivity contribution in [2.75, 3.05) is 5.73 Å². The first kappa shape index (κ1) is 9.00. The van der Waals surface area contributed by atoms with Gasteiger partial charge in [-0.15, -0.1) is 11.3 Å². The van der Waals surface area contributed by atoms with Crippen LogP contribution in [0.5, 0.6) is 0 Å². The highest BCUT2D eigenvalue weighted by molar-refractivity contribution is 7.10. The second-order valence-corrected chi connectivity index (χ2v) is 4.97. The molecule has 2 atom stereocenters. The lowest BCUT2D eigenvalue weighted by molar-refractivity contribution is 0.343. The van der Waals surface area contributed by atoms with Gasteiger partial charge in [-0.1, -0.05) is 19.8 Å². The summed E-state index contributed by atoms with van der Waals surface area (Å²) < 4.78 is 0. The summed E-state index contributed by atoms with van der Waals surface area (Å²) in [6.45, 7) is 2.34. The van der Waals surface area contributed by atoms with E-state index in [0.29, 0.717) is 11.7 Å². The number of aromatic nitrogens is 1. The largest absolute Gasteiger partial charge is 0.383 e. The molecule has 0 bridgehead atoms. The van der Waals surface area contributed by atoms with Crippen molar-refractivity contribution in [3.8, 4) is 0 Å². The smallest absolute Gasteiger partial charge is 0.134 e. The van der Waals surface area contributed by atoms with Gasteiger partial charge in [-0.2, -0.15) is 0 Å². The Morgan fingerprint density at radius 1 is 1.54 bits per heavy atom. The summed E-state index contributed by atoms with van der Waals surface area (Å²) in [7, 11) is 0. The molecule has 1 aliphatic carbocycles. The maximum absolute atomic E-state index is 5.62. The minimum Gasteiger partial charge on any atom is -0.383 e. The van der Waals surface area contributed by atoms with E-state index in [0.717, 1.165) is 5.92 Å². The third kappa shape index (κ3) is 2.02. The molecule has 1 saturated carbocycles. The Morgan fingerprint density at radius 3 is 3.00 bits per heavy atom. The van der Waals surface area contributed by atoms with Crippen LogP contribution in [0.4, 0.5) is 5.82 Å². The minimum atomic E-state index is 0.686. The van der Waals surface area contributed by atoms with Gasteiger partial charge in [-0.25, -0.2) is 4.98 Å². The van der Waals surface area contributed by atoms with E-state index in [-0.39, 0.29) is 0 Å². The SMILES string of the molecule is CC1CCCC(c2nc(N)cs2)C1. The molecule has 0 amide bonds. The lowest BCUT2D eigenvalue weighted by atomic mass is 9.83. The van der Waals surface area contributed by atoms with Crippen molar-refractivity contribution in [1.82, 2.24) is 4.98 Å². The first-order valence-corrected chi connectivity index (χ1v) is 5.84. The van der Waals surface area contributed by atoms with Crippen LogP contribution in [-0.2, 0) is 0 Å². The van der Waals surface area contributed by atoms with Crippen molar-refractivity contribution in [3.05, 3.63) is 10.4 Å². The monoisotopic (exact) mass is 196 g/mol. The molecule has 2 nitrogen and oxygen atoms in total. The highest BCUT2D eigenvalue weighted by Crippen LogP contribution is 2.37. The van der Waals surface area contributed by atoms with Crippen molar-refractivity contribution in [3.63, 3.8) is 0 Å². The molecule has 0 saturated heterocycles. The van der Waals surface area contributed by atoms with Crippen LogP contribution in [-0.4, -0.2) is 4.98 Å². The highest BCUT2D eigenvalue weighted by Gasteiger charge is 2.22. The average Bonchev–Trinajstić information content (AvgIpc) is 2.52. The van der Waals surface area contributed by atoms with Crippen molar-refractivity contribution >= 4 is 17.2 Å². The van der Waals surface area contributed by atoms with E-state index < -0.39 is 0 Å². The van der Waals surface area contributed by atoms with E-state index in [4.69, 9.17) is 5.73 Å². The van der Waals surface area contributed by atoms with Gasteiger partial charge in [0.25, 0.3) is 0 Å². The van der Waals surface area contributed by atoms with E-state index in [1.165, 1.54) is 30.7 Å². The fraction of sp³-hybridized carbons (Fsp3) is 0.700. The molecule has 3 heteroatoms. The molecular weight excluding hydrogens is 180 g/mol. The highest BCUT2D eigenvalue weighted by atomic mass is 32.1. The fourth-order valence-corrected chi connectivity index (χ4v) is 3.01. The van der Waals surface area contributed by atoms with Crippen molar-refractivity contribution in [1.29, 1.82) is 0 Å². The van der Waals surface area contributed by atoms with Gasteiger partial charge in [0.2, 0.25) is 0 Å². The number of anilines is 1. The van der Waals surface area contributed by atoms with Crippen LogP contribution in [0.1, 0.15) is 43.5 Å². The fourth-order valence-electron chi connectivity index (χ4n) is 2.15. The van der Waals surface area contributed by atoms with Crippen molar-refractivity contribution in [2.45, 2.75) is 38.5 Å². The van der Waals surface area contributed by atoms with Crippen molar-refractivity contribution < 1.29 is 0 Å². The quantitative estimate of drug-likeness (QED) is 0.750. The van der Waals surface area contributed by atoms with Crippen molar-refractivity contribution in [2.24, 2.45) is 5.92 Å². The lowest BCUT2D eigenvalue weighted by Gasteiger charge is -2.24. The Labute approximate surface area is 83.2 Å². The number of nitrogens with two attached hydrogens (primary N) is 1. The van der Waals surface area contributed by atoms with Crippen LogP contribution in [0.3, 0.4) is 0 Å². The Bertz CT molecular complexity index is 282. The van der Waals surface area contributed by atoms with Gasteiger partial charge in [-0.3, -0.25) is 0 Å². The number of hydrogen-bond donors (Lipinski definition) is 1. The molecule has 2 unspecified atom stereocenters. The van der Waals surface area contributed by atoms with Gasteiger partial charge in [0.05, 0.1) is 5.01 Å². The zero-order valence-electron chi connectivity index (χ0n) is 7.99. The van der Waals surface area contributed by atoms with Gasteiger partial charge in [-0.05, 0) is 18.8 Å². The molecule has 1 heterocycles. The molecule has 2 N–H and O–H groups in total. The Kier molecular flexibility index (Phi) is 2.54. The molecule has 0 radical (unpaired) electrons. The molecule has 1 aromatic heterocycles. The summed E-state index contributed by atoms with van der Waals surface area (Å²) in [6.07, 6.45) is 5.34. The average molecular weight is 196 g/mol. The lowest BCUT2D eigenvalue weighted by Crippen LogP contribution is -2.11. The molecular formula is C10H16N2S. The number of nitrogen functional groups attached to an aromatic ring is 1. The summed E-state index contributed by atoms with van der Waals surface area (Å²) in [5, 5.41) is 3.21. The van der Waals surface area contributed by atoms with Crippen LogP contribution in [0.2, 0.25) is 0 Å². The van der Waals surface area contributed by atoms with Crippen LogP contribution in [0.25, 0.3) is 0 Å². The summed E-state index contributed by atoms with van der Waals surface area (Å²) in [6, 6.07) is 0. The van der Waals surface area contributed by atoms with E-state index in [1.54, 1.807) is 11.3 Å². The van der Waals surface area contributed by atoms with Gasteiger partial charge in [0, 0.05) is 11.3 Å². The Balaban J connectivity index is 2.08. The molecule has 13 heavy (non-hydrogen) atoms. The minimum absolute atomic E-state index is 0.686. The molecule has 0 spiro atoms.